The fourth-order valence-electron chi connectivity index (χ4n) is 7.47. The fourth-order valence-corrected chi connectivity index (χ4v) is 9.02. The third-order valence-corrected chi connectivity index (χ3v) is 13.4. The second kappa shape index (κ2) is 22.2. The number of carbonyl (C=O) groups excluding carboxylic acids is 3. The van der Waals surface area contributed by atoms with E-state index in [2.05, 4.69) is 22.6 Å². The van der Waals surface area contributed by atoms with Crippen molar-refractivity contribution in [2.45, 2.75) is 106 Å². The zero-order valence-corrected chi connectivity index (χ0v) is 39.4. The quantitative estimate of drug-likeness (QED) is 0.0185. The van der Waals surface area contributed by atoms with E-state index in [0.717, 1.165) is 26.5 Å². The van der Waals surface area contributed by atoms with Crippen molar-refractivity contribution in [2.75, 3.05) is 11.0 Å². The molecule has 2 heterocycles. The van der Waals surface area contributed by atoms with E-state index < -0.39 is 64.9 Å². The molecule has 2 aliphatic heterocycles. The van der Waals surface area contributed by atoms with Gasteiger partial charge in [0.05, 0.1) is 37.6 Å². The van der Waals surface area contributed by atoms with Gasteiger partial charge in [0.15, 0.2) is 6.10 Å². The summed E-state index contributed by atoms with van der Waals surface area (Å²) in [6, 6.07) is 44.7. The minimum atomic E-state index is -1.34. The molecular weight excluding hydrogens is 946 g/mol. The molecule has 336 valence electrons. The average molecular weight is 1000 g/mol. The van der Waals surface area contributed by atoms with Crippen molar-refractivity contribution >= 4 is 52.1 Å². The Balaban J connectivity index is 1.23. The number of rotatable bonds is 20. The SMILES string of the molecule is CC(C)(C)OC(=O)[C@H](CC(C)(CI)OO[C@@H]1[C@@H](OCc2ccccc2)[C@H](OCc2ccccc2)[C@@H](COCc2ccccc2)O[C@H]1Sc1ccccc1)N1C(=O)c2ccccc2C1=O. The molecule has 2 amide bonds. The molecule has 1 unspecified atom stereocenters. The summed E-state index contributed by atoms with van der Waals surface area (Å²) in [5.74, 6) is -1.90. The Kier molecular flexibility index (Phi) is 16.4. The molecule has 5 aromatic rings. The van der Waals surface area contributed by atoms with Gasteiger partial charge in [0, 0.05) is 15.7 Å². The maximum absolute atomic E-state index is 14.1. The van der Waals surface area contributed by atoms with E-state index in [1.165, 1.54) is 11.8 Å². The minimum absolute atomic E-state index is 0.139. The molecule has 0 N–H and O–H groups in total. The van der Waals surface area contributed by atoms with Gasteiger partial charge in [-0.05, 0) is 68.7 Å². The van der Waals surface area contributed by atoms with Crippen molar-refractivity contribution < 1.29 is 47.8 Å². The van der Waals surface area contributed by atoms with Crippen molar-refractivity contribution in [3.63, 3.8) is 0 Å². The molecule has 13 heteroatoms. The van der Waals surface area contributed by atoms with Crippen molar-refractivity contribution in [1.29, 1.82) is 0 Å². The van der Waals surface area contributed by atoms with Crippen LogP contribution in [0.25, 0.3) is 0 Å². The summed E-state index contributed by atoms with van der Waals surface area (Å²) in [7, 11) is 0. The lowest BCUT2D eigenvalue weighted by molar-refractivity contribution is -0.412. The van der Waals surface area contributed by atoms with Crippen LogP contribution in [-0.2, 0) is 58.1 Å². The molecular formula is C51H54INO10S. The fraction of sp³-hybridized carbons (Fsp3) is 0.353. The van der Waals surface area contributed by atoms with E-state index in [4.69, 9.17) is 33.5 Å². The van der Waals surface area contributed by atoms with E-state index in [1.807, 2.05) is 121 Å². The average Bonchev–Trinajstić information content (AvgIpc) is 3.55. The normalized spacial score (nSPS) is 21.3. The third-order valence-electron chi connectivity index (χ3n) is 10.6. The molecule has 1 fully saturated rings. The van der Waals surface area contributed by atoms with Crippen LogP contribution in [0.1, 0.15) is 71.5 Å². The van der Waals surface area contributed by atoms with Crippen LogP contribution >= 0.6 is 34.4 Å². The number of esters is 1. The predicted octanol–water partition coefficient (Wildman–Crippen LogP) is 9.80. The summed E-state index contributed by atoms with van der Waals surface area (Å²) in [5, 5.41) is 0. The number of benzene rings is 5. The summed E-state index contributed by atoms with van der Waals surface area (Å²) in [5.41, 5.74) is 0.465. The highest BCUT2D eigenvalue weighted by atomic mass is 127. The van der Waals surface area contributed by atoms with Crippen molar-refractivity contribution in [1.82, 2.24) is 4.90 Å². The number of thioether (sulfide) groups is 1. The Bertz CT molecular complexity index is 2250. The van der Waals surface area contributed by atoms with E-state index in [1.54, 1.807) is 52.0 Å². The predicted molar refractivity (Wildman–Crippen MR) is 252 cm³/mol. The monoisotopic (exact) mass is 999 g/mol. The van der Waals surface area contributed by atoms with Gasteiger partial charge in [-0.1, -0.05) is 156 Å². The standard InChI is InChI=1S/C51H54INO10S/c1-50(2,3)61-48(56)41(53-46(54)39-27-17-18-28-40(39)47(53)55)29-51(4,34-52)63-62-45-44(59-32-37-23-13-7-14-24-37)43(58-31-36-21-11-6-12-22-36)42(33-57-30-35-19-9-5-10-20-35)60-49(45)64-38-25-15-8-16-26-38/h5-28,41-45,49H,29-34H2,1-4H3/t41-,42+,43+,44-,45+,49-,51?/m0/s1. The van der Waals surface area contributed by atoms with Crippen LogP contribution in [0.15, 0.2) is 150 Å². The number of hydrogen-bond donors (Lipinski definition) is 0. The summed E-state index contributed by atoms with van der Waals surface area (Å²) >= 11 is 3.62. The van der Waals surface area contributed by atoms with Crippen LogP contribution in [0.4, 0.5) is 0 Å². The topological polar surface area (TPSA) is 119 Å². The van der Waals surface area contributed by atoms with Gasteiger partial charge in [-0.25, -0.2) is 14.6 Å². The summed E-state index contributed by atoms with van der Waals surface area (Å²) in [6.07, 6.45) is -3.20. The molecule has 7 atom stereocenters. The first kappa shape index (κ1) is 47.5. The Hall–Kier alpha value is -4.45. The number of hydrogen-bond acceptors (Lipinski definition) is 11. The number of fused-ring (bicyclic) bond motifs is 1. The molecule has 2 aliphatic rings. The first-order chi connectivity index (χ1) is 30.9. The Morgan fingerprint density at radius 2 is 1.16 bits per heavy atom. The number of carbonyl (C=O) groups is 3. The lowest BCUT2D eigenvalue weighted by Gasteiger charge is -2.46. The summed E-state index contributed by atoms with van der Waals surface area (Å²) < 4.78 is 33.2. The Morgan fingerprint density at radius 1 is 0.672 bits per heavy atom. The highest BCUT2D eigenvalue weighted by Gasteiger charge is 2.52. The molecule has 0 saturated carbocycles. The van der Waals surface area contributed by atoms with Crippen LogP contribution < -0.4 is 0 Å². The molecule has 0 spiro atoms. The molecule has 7 rings (SSSR count). The van der Waals surface area contributed by atoms with Gasteiger partial charge in [0.1, 0.15) is 41.0 Å². The Labute approximate surface area is 393 Å². The summed E-state index contributed by atoms with van der Waals surface area (Å²) in [6.45, 7) is 8.01. The lowest BCUT2D eigenvalue weighted by atomic mass is 9.97. The molecule has 11 nitrogen and oxygen atoms in total. The summed E-state index contributed by atoms with van der Waals surface area (Å²) in [4.78, 5) is 57.0. The van der Waals surface area contributed by atoms with Crippen molar-refractivity contribution in [3.05, 3.63) is 173 Å². The number of halogens is 1. The molecule has 0 radical (unpaired) electrons. The van der Waals surface area contributed by atoms with Gasteiger partial charge in [0.25, 0.3) is 11.8 Å². The number of amides is 2. The zero-order valence-electron chi connectivity index (χ0n) is 36.4. The largest absolute Gasteiger partial charge is 0.458 e. The van der Waals surface area contributed by atoms with Gasteiger partial charge in [-0.2, -0.15) is 0 Å². The first-order valence-electron chi connectivity index (χ1n) is 21.3. The maximum Gasteiger partial charge on any atom is 0.330 e. The second-order valence-corrected chi connectivity index (χ2v) is 18.9. The van der Waals surface area contributed by atoms with Gasteiger partial charge in [-0.3, -0.25) is 14.5 Å². The second-order valence-electron chi connectivity index (χ2n) is 17.0. The smallest absolute Gasteiger partial charge is 0.330 e. The highest BCUT2D eigenvalue weighted by molar-refractivity contribution is 14.1. The van der Waals surface area contributed by atoms with Gasteiger partial charge in [-0.15, -0.1) is 0 Å². The number of nitrogens with zero attached hydrogens (tertiary/aromatic N) is 1. The van der Waals surface area contributed by atoms with Crippen molar-refractivity contribution in [3.8, 4) is 0 Å². The van der Waals surface area contributed by atoms with E-state index in [0.29, 0.717) is 6.61 Å². The minimum Gasteiger partial charge on any atom is -0.458 e. The Morgan fingerprint density at radius 3 is 1.67 bits per heavy atom. The van der Waals surface area contributed by atoms with Crippen LogP contribution in [-0.4, -0.2) is 80.8 Å². The first-order valence-corrected chi connectivity index (χ1v) is 23.7. The molecule has 0 aliphatic carbocycles. The molecule has 64 heavy (non-hydrogen) atoms. The maximum atomic E-state index is 14.1. The van der Waals surface area contributed by atoms with Crippen LogP contribution in [0, 0.1) is 0 Å². The van der Waals surface area contributed by atoms with Gasteiger partial charge >= 0.3 is 5.97 Å². The van der Waals surface area contributed by atoms with E-state index >= 15 is 0 Å². The van der Waals surface area contributed by atoms with Gasteiger partial charge in [0.2, 0.25) is 0 Å². The number of alkyl halides is 1. The number of imide groups is 1. The zero-order chi connectivity index (χ0) is 45.1. The third kappa shape index (κ3) is 12.5. The lowest BCUT2D eigenvalue weighted by Crippen LogP contribution is -2.61. The number of ether oxygens (including phenoxy) is 5. The molecule has 1 saturated heterocycles. The van der Waals surface area contributed by atoms with Crippen LogP contribution in [0.3, 0.4) is 0 Å². The van der Waals surface area contributed by atoms with Gasteiger partial charge < -0.3 is 23.7 Å². The van der Waals surface area contributed by atoms with Crippen LogP contribution in [0.2, 0.25) is 0 Å². The highest BCUT2D eigenvalue weighted by Crippen LogP contribution is 2.40. The van der Waals surface area contributed by atoms with E-state index in [-0.39, 0.29) is 41.8 Å². The molecule has 0 aromatic heterocycles. The van der Waals surface area contributed by atoms with Crippen LogP contribution in [0.5, 0.6) is 0 Å². The van der Waals surface area contributed by atoms with Crippen molar-refractivity contribution in [2.24, 2.45) is 0 Å². The van der Waals surface area contributed by atoms with E-state index in [9.17, 15) is 14.4 Å². The molecule has 0 bridgehead atoms. The molecule has 5 aromatic carbocycles.